The summed E-state index contributed by atoms with van der Waals surface area (Å²) in [5, 5.41) is 2.39. The molecule has 12 heteroatoms. The minimum atomic E-state index is -3.92. The number of carbonyl (C=O) groups is 4. The third-order valence-electron chi connectivity index (χ3n) is 4.44. The lowest BCUT2D eigenvalue weighted by molar-refractivity contribution is -0.119. The van der Waals surface area contributed by atoms with E-state index in [9.17, 15) is 32.0 Å². The zero-order valence-electron chi connectivity index (χ0n) is 16.3. The fourth-order valence-electron chi connectivity index (χ4n) is 2.79. The van der Waals surface area contributed by atoms with Crippen molar-refractivity contribution < 1.29 is 36.7 Å². The lowest BCUT2D eigenvalue weighted by atomic mass is 10.1. The molecule has 2 N–H and O–H groups in total. The van der Waals surface area contributed by atoms with E-state index in [-0.39, 0.29) is 21.7 Å². The third kappa shape index (κ3) is 4.29. The summed E-state index contributed by atoms with van der Waals surface area (Å²) in [7, 11) is -1.43. The molecule has 1 aliphatic rings. The molecule has 3 amide bonds. The molecular formula is C19H16FN3O7S. The molecule has 0 atom stereocenters. The molecule has 1 heterocycles. The van der Waals surface area contributed by atoms with Crippen LogP contribution in [0.3, 0.4) is 0 Å². The number of hydrogen-bond donors (Lipinski definition) is 2. The Morgan fingerprint density at radius 1 is 1.06 bits per heavy atom. The molecule has 0 spiro atoms. The topological polar surface area (TPSA) is 139 Å². The van der Waals surface area contributed by atoms with Gasteiger partial charge in [-0.25, -0.2) is 22.3 Å². The molecule has 1 aliphatic heterocycles. The van der Waals surface area contributed by atoms with Gasteiger partial charge in [-0.2, -0.15) is 0 Å². The second kappa shape index (κ2) is 8.24. The van der Waals surface area contributed by atoms with Crippen molar-refractivity contribution in [1.82, 2.24) is 9.62 Å². The van der Waals surface area contributed by atoms with Gasteiger partial charge in [0.1, 0.15) is 5.82 Å². The Labute approximate surface area is 176 Å². The van der Waals surface area contributed by atoms with E-state index >= 15 is 0 Å². The molecule has 0 saturated carbocycles. The Balaban J connectivity index is 1.67. The molecule has 2 aromatic carbocycles. The van der Waals surface area contributed by atoms with Crippen LogP contribution in [0.5, 0.6) is 0 Å². The highest BCUT2D eigenvalue weighted by Gasteiger charge is 2.32. The van der Waals surface area contributed by atoms with Gasteiger partial charge in [0.2, 0.25) is 10.0 Å². The predicted octanol–water partition coefficient (Wildman–Crippen LogP) is 0.755. The highest BCUT2D eigenvalue weighted by Crippen LogP contribution is 2.24. The number of nitrogens with one attached hydrogen (secondary N) is 2. The van der Waals surface area contributed by atoms with Gasteiger partial charge < -0.3 is 10.1 Å². The predicted molar refractivity (Wildman–Crippen MR) is 104 cm³/mol. The molecule has 0 aromatic heterocycles. The van der Waals surface area contributed by atoms with E-state index in [4.69, 9.17) is 4.74 Å². The van der Waals surface area contributed by atoms with Gasteiger partial charge in [-0.05, 0) is 43.4 Å². The van der Waals surface area contributed by atoms with Gasteiger partial charge in [0, 0.05) is 12.7 Å². The van der Waals surface area contributed by atoms with Gasteiger partial charge in [0.15, 0.2) is 6.61 Å². The lowest BCUT2D eigenvalue weighted by Gasteiger charge is -2.09. The SMILES string of the molecule is CNS(=O)(=O)c1ccc(F)c(C(=O)OCC(=O)Nc2ccc3c(c2)C(=O)N(C)C3=O)c1. The van der Waals surface area contributed by atoms with Crippen LogP contribution in [0.1, 0.15) is 31.1 Å². The van der Waals surface area contributed by atoms with Gasteiger partial charge in [-0.15, -0.1) is 0 Å². The van der Waals surface area contributed by atoms with Crippen molar-refractivity contribution >= 4 is 39.4 Å². The number of rotatable bonds is 6. The molecule has 0 fully saturated rings. The van der Waals surface area contributed by atoms with Crippen molar-refractivity contribution in [2.45, 2.75) is 4.90 Å². The highest BCUT2D eigenvalue weighted by molar-refractivity contribution is 7.89. The molecule has 0 radical (unpaired) electrons. The van der Waals surface area contributed by atoms with E-state index in [0.717, 1.165) is 30.1 Å². The number of halogens is 1. The first-order valence-electron chi connectivity index (χ1n) is 8.71. The molecule has 31 heavy (non-hydrogen) atoms. The maximum absolute atomic E-state index is 13.9. The summed E-state index contributed by atoms with van der Waals surface area (Å²) in [5.74, 6) is -4.04. The number of amides is 3. The first-order chi connectivity index (χ1) is 14.5. The van der Waals surface area contributed by atoms with Crippen molar-refractivity contribution in [2.75, 3.05) is 26.0 Å². The van der Waals surface area contributed by atoms with Gasteiger partial charge in [-0.1, -0.05) is 0 Å². The summed E-state index contributed by atoms with van der Waals surface area (Å²) in [6.45, 7) is -0.800. The molecule has 2 aromatic rings. The first-order valence-corrected chi connectivity index (χ1v) is 10.2. The summed E-state index contributed by atoms with van der Waals surface area (Å²) in [5.41, 5.74) is -0.158. The van der Waals surface area contributed by atoms with E-state index in [1.54, 1.807) is 0 Å². The number of sulfonamides is 1. The van der Waals surface area contributed by atoms with E-state index in [1.807, 2.05) is 4.72 Å². The zero-order valence-corrected chi connectivity index (χ0v) is 17.1. The van der Waals surface area contributed by atoms with Crippen LogP contribution >= 0.6 is 0 Å². The number of fused-ring (bicyclic) bond motifs is 1. The fourth-order valence-corrected chi connectivity index (χ4v) is 3.55. The molecule has 10 nitrogen and oxygen atoms in total. The van der Waals surface area contributed by atoms with Crippen molar-refractivity contribution in [1.29, 1.82) is 0 Å². The number of ether oxygens (including phenoxy) is 1. The largest absolute Gasteiger partial charge is 0.452 e. The van der Waals surface area contributed by atoms with Crippen LogP contribution in [0.25, 0.3) is 0 Å². The van der Waals surface area contributed by atoms with E-state index in [2.05, 4.69) is 5.32 Å². The number of carbonyl (C=O) groups excluding carboxylic acids is 4. The van der Waals surface area contributed by atoms with Crippen molar-refractivity contribution in [3.8, 4) is 0 Å². The number of hydrogen-bond acceptors (Lipinski definition) is 7. The maximum atomic E-state index is 13.9. The number of esters is 1. The zero-order chi connectivity index (χ0) is 22.9. The third-order valence-corrected chi connectivity index (χ3v) is 5.86. The minimum Gasteiger partial charge on any atom is -0.452 e. The molecule has 0 unspecified atom stereocenters. The lowest BCUT2D eigenvalue weighted by Crippen LogP contribution is -2.24. The molecular weight excluding hydrogens is 433 g/mol. The number of imide groups is 1. The van der Waals surface area contributed by atoms with Crippen LogP contribution in [0.15, 0.2) is 41.3 Å². The van der Waals surface area contributed by atoms with Crippen LogP contribution < -0.4 is 10.0 Å². The summed E-state index contributed by atoms with van der Waals surface area (Å²) in [4.78, 5) is 48.6. The normalized spacial score (nSPS) is 13.2. The van der Waals surface area contributed by atoms with Crippen LogP contribution in [-0.2, 0) is 19.6 Å². The average molecular weight is 449 g/mol. The highest BCUT2D eigenvalue weighted by atomic mass is 32.2. The number of benzene rings is 2. The minimum absolute atomic E-state index is 0.118. The monoisotopic (exact) mass is 449 g/mol. The molecule has 0 saturated heterocycles. The molecule has 0 aliphatic carbocycles. The second-order valence-corrected chi connectivity index (χ2v) is 8.29. The Hall–Kier alpha value is -3.64. The summed E-state index contributed by atoms with van der Waals surface area (Å²) in [6, 6.07) is 6.65. The summed E-state index contributed by atoms with van der Waals surface area (Å²) in [6.07, 6.45) is 0. The van der Waals surface area contributed by atoms with Crippen molar-refractivity contribution in [2.24, 2.45) is 0 Å². The Kier molecular flexibility index (Phi) is 5.86. The number of anilines is 1. The van der Waals surface area contributed by atoms with Gasteiger partial charge in [0.05, 0.1) is 21.6 Å². The van der Waals surface area contributed by atoms with Crippen molar-refractivity contribution in [3.63, 3.8) is 0 Å². The van der Waals surface area contributed by atoms with Gasteiger partial charge in [-0.3, -0.25) is 19.3 Å². The maximum Gasteiger partial charge on any atom is 0.341 e. The van der Waals surface area contributed by atoms with Gasteiger partial charge >= 0.3 is 5.97 Å². The Morgan fingerprint density at radius 2 is 1.74 bits per heavy atom. The van der Waals surface area contributed by atoms with E-state index in [1.165, 1.54) is 25.2 Å². The van der Waals surface area contributed by atoms with Crippen LogP contribution in [0, 0.1) is 5.82 Å². The molecule has 162 valence electrons. The smallest absolute Gasteiger partial charge is 0.341 e. The Morgan fingerprint density at radius 3 is 2.42 bits per heavy atom. The second-order valence-electron chi connectivity index (χ2n) is 6.40. The standard InChI is InChI=1S/C19H16FN3O7S/c1-21-31(28,29)11-4-6-15(20)14(8-11)19(27)30-9-16(24)22-10-3-5-12-13(7-10)18(26)23(2)17(12)25/h3-8,21H,9H2,1-2H3,(H,22,24). The van der Waals surface area contributed by atoms with Crippen molar-refractivity contribution in [3.05, 3.63) is 58.9 Å². The quantitative estimate of drug-likeness (QED) is 0.490. The van der Waals surface area contributed by atoms with Crippen LogP contribution in [0.2, 0.25) is 0 Å². The van der Waals surface area contributed by atoms with Gasteiger partial charge in [0.25, 0.3) is 17.7 Å². The van der Waals surface area contributed by atoms with E-state index < -0.39 is 51.7 Å². The first kappa shape index (κ1) is 22.1. The van der Waals surface area contributed by atoms with E-state index in [0.29, 0.717) is 0 Å². The fraction of sp³-hybridized carbons (Fsp3) is 0.158. The Bertz CT molecular complexity index is 1230. The molecule has 3 rings (SSSR count). The summed E-state index contributed by atoms with van der Waals surface area (Å²) < 4.78 is 44.3. The average Bonchev–Trinajstić information content (AvgIpc) is 2.96. The molecule has 0 bridgehead atoms. The summed E-state index contributed by atoms with van der Waals surface area (Å²) >= 11 is 0. The van der Waals surface area contributed by atoms with Crippen LogP contribution in [-0.4, -0.2) is 57.7 Å². The number of nitrogens with zero attached hydrogens (tertiary/aromatic N) is 1. The van der Waals surface area contributed by atoms with Crippen LogP contribution in [0.4, 0.5) is 10.1 Å².